The predicted octanol–water partition coefficient (Wildman–Crippen LogP) is 1.50. The van der Waals surface area contributed by atoms with Crippen LogP contribution in [0.1, 0.15) is 10.4 Å². The number of epoxide rings is 1. The van der Waals surface area contributed by atoms with Crippen LogP contribution in [0.2, 0.25) is 0 Å². The van der Waals surface area contributed by atoms with E-state index in [4.69, 9.17) is 4.74 Å². The van der Waals surface area contributed by atoms with Gasteiger partial charge < -0.3 is 4.74 Å². The molecule has 0 N–H and O–H groups in total. The van der Waals surface area contributed by atoms with E-state index < -0.39 is 0 Å². The first-order chi connectivity index (χ1) is 6.42. The zero-order valence-electron chi connectivity index (χ0n) is 7.53. The van der Waals surface area contributed by atoms with Gasteiger partial charge in [0.2, 0.25) is 0 Å². The molecule has 1 aromatic heterocycles. The van der Waals surface area contributed by atoms with Crippen LogP contribution in [0.4, 0.5) is 0 Å². The van der Waals surface area contributed by atoms with Gasteiger partial charge in [0, 0.05) is 24.5 Å². The van der Waals surface area contributed by atoms with Gasteiger partial charge in [0.05, 0.1) is 12.7 Å². The van der Waals surface area contributed by atoms with Gasteiger partial charge in [-0.2, -0.15) is 0 Å². The van der Waals surface area contributed by atoms with Gasteiger partial charge >= 0.3 is 0 Å². The lowest BCUT2D eigenvalue weighted by Crippen LogP contribution is -2.32. The summed E-state index contributed by atoms with van der Waals surface area (Å²) in [6, 6.07) is 2.26. The number of hydrogen-bond donors (Lipinski definition) is 0. The molecule has 3 rings (SSSR count). The Balaban J connectivity index is 1.69. The standard InChI is InChI=1S/C10H13NOS/c1-3-11(6-9-7-12-9)5-8-2-4-13-10(1)8/h2,4,9H,1,3,5-7H2. The molecular weight excluding hydrogens is 182 g/mol. The predicted molar refractivity (Wildman–Crippen MR) is 53.0 cm³/mol. The first-order valence-corrected chi connectivity index (χ1v) is 5.69. The smallest absolute Gasteiger partial charge is 0.0936 e. The highest BCUT2D eigenvalue weighted by Gasteiger charge is 2.27. The Labute approximate surface area is 82.1 Å². The summed E-state index contributed by atoms with van der Waals surface area (Å²) >= 11 is 1.90. The van der Waals surface area contributed by atoms with Gasteiger partial charge in [-0.25, -0.2) is 0 Å². The molecule has 70 valence electrons. The molecule has 0 spiro atoms. The first-order valence-electron chi connectivity index (χ1n) is 4.81. The molecule has 1 saturated heterocycles. The highest BCUT2D eigenvalue weighted by atomic mass is 32.1. The van der Waals surface area contributed by atoms with E-state index in [1.165, 1.54) is 18.5 Å². The molecule has 1 fully saturated rings. The molecule has 1 atom stereocenters. The molecule has 3 heteroatoms. The maximum atomic E-state index is 5.24. The third kappa shape index (κ3) is 1.64. The van der Waals surface area contributed by atoms with Crippen molar-refractivity contribution in [3.63, 3.8) is 0 Å². The van der Waals surface area contributed by atoms with E-state index in [1.807, 2.05) is 11.3 Å². The Morgan fingerprint density at radius 3 is 3.38 bits per heavy atom. The van der Waals surface area contributed by atoms with Crippen molar-refractivity contribution < 1.29 is 4.74 Å². The summed E-state index contributed by atoms with van der Waals surface area (Å²) in [4.78, 5) is 4.10. The van der Waals surface area contributed by atoms with Crippen LogP contribution in [-0.4, -0.2) is 30.7 Å². The number of rotatable bonds is 2. The summed E-state index contributed by atoms with van der Waals surface area (Å²) in [5.41, 5.74) is 1.54. The minimum Gasteiger partial charge on any atom is -0.372 e. The van der Waals surface area contributed by atoms with Crippen LogP contribution in [0.25, 0.3) is 0 Å². The summed E-state index contributed by atoms with van der Waals surface area (Å²) in [5.74, 6) is 0. The zero-order valence-corrected chi connectivity index (χ0v) is 8.35. The average molecular weight is 195 g/mol. The van der Waals surface area contributed by atoms with Gasteiger partial charge in [-0.15, -0.1) is 11.3 Å². The summed E-state index contributed by atoms with van der Waals surface area (Å²) in [7, 11) is 0. The Morgan fingerprint density at radius 2 is 2.54 bits per heavy atom. The summed E-state index contributed by atoms with van der Waals surface area (Å²) in [6.45, 7) is 4.47. The van der Waals surface area contributed by atoms with E-state index in [9.17, 15) is 0 Å². The fourth-order valence-electron chi connectivity index (χ4n) is 1.92. The van der Waals surface area contributed by atoms with E-state index >= 15 is 0 Å². The highest BCUT2D eigenvalue weighted by molar-refractivity contribution is 7.10. The second-order valence-electron chi connectivity index (χ2n) is 3.81. The third-order valence-corrected chi connectivity index (χ3v) is 3.77. The minimum absolute atomic E-state index is 0.542. The number of ether oxygens (including phenoxy) is 1. The Hall–Kier alpha value is -0.380. The lowest BCUT2D eigenvalue weighted by atomic mass is 10.1. The van der Waals surface area contributed by atoms with Crippen LogP contribution >= 0.6 is 11.3 Å². The number of nitrogens with zero attached hydrogens (tertiary/aromatic N) is 1. The topological polar surface area (TPSA) is 15.8 Å². The van der Waals surface area contributed by atoms with Crippen molar-refractivity contribution in [1.82, 2.24) is 4.90 Å². The van der Waals surface area contributed by atoms with E-state index in [0.717, 1.165) is 19.7 Å². The molecule has 0 saturated carbocycles. The first kappa shape index (κ1) is 7.97. The van der Waals surface area contributed by atoms with Gasteiger partial charge in [-0.3, -0.25) is 4.90 Å². The maximum Gasteiger partial charge on any atom is 0.0936 e. The molecular formula is C10H13NOS. The molecule has 2 nitrogen and oxygen atoms in total. The molecule has 0 aromatic carbocycles. The Bertz CT molecular complexity index is 306. The second kappa shape index (κ2) is 3.08. The van der Waals surface area contributed by atoms with E-state index in [0.29, 0.717) is 6.10 Å². The van der Waals surface area contributed by atoms with Crippen LogP contribution < -0.4 is 0 Å². The fraction of sp³-hybridized carbons (Fsp3) is 0.600. The van der Waals surface area contributed by atoms with E-state index in [1.54, 1.807) is 4.88 Å². The summed E-state index contributed by atoms with van der Waals surface area (Å²) in [6.07, 6.45) is 1.78. The fourth-order valence-corrected chi connectivity index (χ4v) is 2.81. The Morgan fingerprint density at radius 1 is 1.62 bits per heavy atom. The lowest BCUT2D eigenvalue weighted by Gasteiger charge is -2.25. The number of hydrogen-bond acceptors (Lipinski definition) is 3. The van der Waals surface area contributed by atoms with Crippen molar-refractivity contribution in [1.29, 1.82) is 0 Å². The quantitative estimate of drug-likeness (QED) is 0.665. The van der Waals surface area contributed by atoms with Crippen LogP contribution in [0.5, 0.6) is 0 Å². The largest absolute Gasteiger partial charge is 0.372 e. The summed E-state index contributed by atoms with van der Waals surface area (Å²) in [5, 5.41) is 2.21. The van der Waals surface area contributed by atoms with Crippen LogP contribution in [0.3, 0.4) is 0 Å². The van der Waals surface area contributed by atoms with Gasteiger partial charge in [-0.05, 0) is 23.4 Å². The number of thiophene rings is 1. The monoisotopic (exact) mass is 195 g/mol. The third-order valence-electron chi connectivity index (χ3n) is 2.75. The van der Waals surface area contributed by atoms with Crippen LogP contribution in [0.15, 0.2) is 11.4 Å². The SMILES string of the molecule is c1cc2c(s1)CCN(CC1CO1)C2. The van der Waals surface area contributed by atoms with E-state index in [2.05, 4.69) is 16.3 Å². The molecule has 0 aliphatic carbocycles. The molecule has 13 heavy (non-hydrogen) atoms. The zero-order chi connectivity index (χ0) is 8.67. The van der Waals surface area contributed by atoms with Gasteiger partial charge in [0.25, 0.3) is 0 Å². The minimum atomic E-state index is 0.542. The average Bonchev–Trinajstić information content (AvgIpc) is 2.83. The molecule has 1 aromatic rings. The summed E-state index contributed by atoms with van der Waals surface area (Å²) < 4.78 is 5.24. The van der Waals surface area contributed by atoms with Gasteiger partial charge in [0.1, 0.15) is 0 Å². The molecule has 1 unspecified atom stereocenters. The van der Waals surface area contributed by atoms with Crippen molar-refractivity contribution in [3.8, 4) is 0 Å². The van der Waals surface area contributed by atoms with Crippen molar-refractivity contribution in [2.75, 3.05) is 19.7 Å². The second-order valence-corrected chi connectivity index (χ2v) is 4.81. The number of fused-ring (bicyclic) bond motifs is 1. The molecule has 0 bridgehead atoms. The van der Waals surface area contributed by atoms with E-state index in [-0.39, 0.29) is 0 Å². The van der Waals surface area contributed by atoms with Gasteiger partial charge in [-0.1, -0.05) is 0 Å². The van der Waals surface area contributed by atoms with Crippen LogP contribution in [-0.2, 0) is 17.7 Å². The Kier molecular flexibility index (Phi) is 1.89. The molecule has 2 aliphatic heterocycles. The maximum absolute atomic E-state index is 5.24. The van der Waals surface area contributed by atoms with Gasteiger partial charge in [0.15, 0.2) is 0 Å². The van der Waals surface area contributed by atoms with Crippen molar-refractivity contribution in [2.45, 2.75) is 19.1 Å². The van der Waals surface area contributed by atoms with Crippen molar-refractivity contribution >= 4 is 11.3 Å². The van der Waals surface area contributed by atoms with Crippen LogP contribution in [0, 0.1) is 0 Å². The highest BCUT2D eigenvalue weighted by Crippen LogP contribution is 2.25. The molecule has 3 heterocycles. The molecule has 2 aliphatic rings. The normalized spacial score (nSPS) is 27.2. The lowest BCUT2D eigenvalue weighted by molar-refractivity contribution is 0.227. The van der Waals surface area contributed by atoms with Crippen molar-refractivity contribution in [3.05, 3.63) is 21.9 Å². The molecule has 0 amide bonds. The molecule has 0 radical (unpaired) electrons. The van der Waals surface area contributed by atoms with Crippen molar-refractivity contribution in [2.24, 2.45) is 0 Å².